The molecule has 0 fully saturated rings. The zero-order valence-electron chi connectivity index (χ0n) is 20.6. The smallest absolute Gasteiger partial charge is 0.264 e. The van der Waals surface area contributed by atoms with Crippen molar-refractivity contribution < 1.29 is 27.4 Å². The number of rotatable bonds is 10. The van der Waals surface area contributed by atoms with Crippen LogP contribution in [0.5, 0.6) is 17.2 Å². The van der Waals surface area contributed by atoms with Gasteiger partial charge in [-0.2, -0.15) is 0 Å². The number of pyridine rings is 1. The third-order valence-electron chi connectivity index (χ3n) is 5.75. The van der Waals surface area contributed by atoms with Crippen LogP contribution in [0, 0.1) is 0 Å². The van der Waals surface area contributed by atoms with Crippen LogP contribution in [0.4, 0.5) is 5.69 Å². The number of hydrogen-bond acceptors (Lipinski definition) is 7. The van der Waals surface area contributed by atoms with Crippen molar-refractivity contribution >= 4 is 32.5 Å². The monoisotopic (exact) mass is 521 g/mol. The molecule has 2 N–H and O–H groups in total. The van der Waals surface area contributed by atoms with Crippen LogP contribution in [-0.4, -0.2) is 47.2 Å². The van der Waals surface area contributed by atoms with Gasteiger partial charge in [-0.15, -0.1) is 0 Å². The number of ether oxygens (including phenoxy) is 3. The van der Waals surface area contributed by atoms with E-state index in [0.29, 0.717) is 41.1 Å². The number of amides is 1. The summed E-state index contributed by atoms with van der Waals surface area (Å²) in [4.78, 5) is 17.4. The number of nitrogens with one attached hydrogen (secondary N) is 2. The summed E-state index contributed by atoms with van der Waals surface area (Å²) >= 11 is 0. The standard InChI is InChI=1S/C27H27N3O6S/c1-34-20-10-11-22(30-37(32,33)25-8-4-6-19-7-5-14-28-26(19)25)21(17-20)27(31)29-15-13-18-9-12-23(35-2)24(16-18)36-3/h4-12,14,16-17,30H,13,15H2,1-3H3,(H,29,31). The highest BCUT2D eigenvalue weighted by Gasteiger charge is 2.22. The van der Waals surface area contributed by atoms with Crippen LogP contribution < -0.4 is 24.2 Å². The summed E-state index contributed by atoms with van der Waals surface area (Å²) in [7, 11) is 0.542. The third-order valence-corrected chi connectivity index (χ3v) is 7.15. The Kier molecular flexibility index (Phi) is 7.78. The Bertz CT molecular complexity index is 1530. The van der Waals surface area contributed by atoms with E-state index in [1.807, 2.05) is 12.1 Å². The fourth-order valence-corrected chi connectivity index (χ4v) is 5.13. The molecular weight excluding hydrogens is 494 g/mol. The van der Waals surface area contributed by atoms with Crippen molar-refractivity contribution in [3.63, 3.8) is 0 Å². The van der Waals surface area contributed by atoms with Gasteiger partial charge in [0.1, 0.15) is 10.6 Å². The highest BCUT2D eigenvalue weighted by Crippen LogP contribution is 2.29. The molecule has 0 saturated carbocycles. The van der Waals surface area contributed by atoms with E-state index in [1.165, 1.54) is 31.5 Å². The minimum Gasteiger partial charge on any atom is -0.497 e. The molecule has 1 amide bonds. The summed E-state index contributed by atoms with van der Waals surface area (Å²) < 4.78 is 45.0. The summed E-state index contributed by atoms with van der Waals surface area (Å²) in [5.41, 5.74) is 1.53. The maximum atomic E-state index is 13.3. The molecular formula is C27H27N3O6S. The minimum atomic E-state index is -4.05. The molecule has 1 aromatic heterocycles. The Labute approximate surface area is 215 Å². The lowest BCUT2D eigenvalue weighted by atomic mass is 10.1. The van der Waals surface area contributed by atoms with Gasteiger partial charge in [-0.25, -0.2) is 8.42 Å². The van der Waals surface area contributed by atoms with E-state index in [9.17, 15) is 13.2 Å². The lowest BCUT2D eigenvalue weighted by Crippen LogP contribution is -2.27. The second-order valence-electron chi connectivity index (χ2n) is 8.04. The second kappa shape index (κ2) is 11.2. The molecule has 0 radical (unpaired) electrons. The molecule has 0 aliphatic heterocycles. The van der Waals surface area contributed by atoms with Crippen molar-refractivity contribution in [2.45, 2.75) is 11.3 Å². The summed E-state index contributed by atoms with van der Waals surface area (Å²) in [5.74, 6) is 1.18. The van der Waals surface area contributed by atoms with E-state index < -0.39 is 15.9 Å². The molecule has 0 aliphatic carbocycles. The van der Waals surface area contributed by atoms with Crippen LogP contribution in [0.15, 0.2) is 77.8 Å². The van der Waals surface area contributed by atoms with Gasteiger partial charge in [0, 0.05) is 18.1 Å². The molecule has 0 unspecified atom stereocenters. The Morgan fingerprint density at radius 2 is 1.68 bits per heavy atom. The van der Waals surface area contributed by atoms with E-state index in [2.05, 4.69) is 15.0 Å². The fourth-order valence-electron chi connectivity index (χ4n) is 3.87. The number of anilines is 1. The molecule has 0 bridgehead atoms. The average molecular weight is 522 g/mol. The van der Waals surface area contributed by atoms with Crippen LogP contribution in [0.2, 0.25) is 0 Å². The highest BCUT2D eigenvalue weighted by molar-refractivity contribution is 7.93. The van der Waals surface area contributed by atoms with Crippen molar-refractivity contribution in [1.82, 2.24) is 10.3 Å². The number of carbonyl (C=O) groups is 1. The van der Waals surface area contributed by atoms with Crippen molar-refractivity contribution in [2.24, 2.45) is 0 Å². The predicted octanol–water partition coefficient (Wildman–Crippen LogP) is 4.03. The quantitative estimate of drug-likeness (QED) is 0.324. The van der Waals surface area contributed by atoms with Crippen LogP contribution >= 0.6 is 0 Å². The fraction of sp³-hybridized carbons (Fsp3) is 0.185. The topological polar surface area (TPSA) is 116 Å². The number of sulfonamides is 1. The molecule has 10 heteroatoms. The molecule has 4 rings (SSSR count). The van der Waals surface area contributed by atoms with Gasteiger partial charge in [0.2, 0.25) is 0 Å². The molecule has 9 nitrogen and oxygen atoms in total. The van der Waals surface area contributed by atoms with E-state index in [4.69, 9.17) is 14.2 Å². The third kappa shape index (κ3) is 5.75. The van der Waals surface area contributed by atoms with Gasteiger partial charge < -0.3 is 19.5 Å². The van der Waals surface area contributed by atoms with Crippen LogP contribution in [0.1, 0.15) is 15.9 Å². The Hall–Kier alpha value is -4.31. The maximum absolute atomic E-state index is 13.3. The van der Waals surface area contributed by atoms with E-state index in [0.717, 1.165) is 5.56 Å². The first-order chi connectivity index (χ1) is 17.9. The molecule has 0 spiro atoms. The first kappa shape index (κ1) is 25.8. The van der Waals surface area contributed by atoms with Crippen LogP contribution in [0.3, 0.4) is 0 Å². The molecule has 4 aromatic rings. The van der Waals surface area contributed by atoms with Gasteiger partial charge >= 0.3 is 0 Å². The normalized spacial score (nSPS) is 11.1. The zero-order chi connectivity index (χ0) is 26.4. The Balaban J connectivity index is 1.55. The molecule has 0 aliphatic rings. The predicted molar refractivity (Wildman–Crippen MR) is 141 cm³/mol. The molecule has 37 heavy (non-hydrogen) atoms. The largest absolute Gasteiger partial charge is 0.497 e. The van der Waals surface area contributed by atoms with Gasteiger partial charge in [-0.1, -0.05) is 24.3 Å². The molecule has 3 aromatic carbocycles. The van der Waals surface area contributed by atoms with Crippen molar-refractivity contribution in [1.29, 1.82) is 0 Å². The Morgan fingerprint density at radius 3 is 2.43 bits per heavy atom. The number of benzene rings is 3. The molecule has 192 valence electrons. The summed E-state index contributed by atoms with van der Waals surface area (Å²) in [6.45, 7) is 0.310. The van der Waals surface area contributed by atoms with Gasteiger partial charge in [0.25, 0.3) is 15.9 Å². The van der Waals surface area contributed by atoms with E-state index in [-0.39, 0.29) is 16.1 Å². The minimum absolute atomic E-state index is 0.0150. The summed E-state index contributed by atoms with van der Waals surface area (Å²) in [6, 6.07) is 18.5. The molecule has 1 heterocycles. The van der Waals surface area contributed by atoms with E-state index >= 15 is 0 Å². The van der Waals surface area contributed by atoms with Gasteiger partial charge in [-0.05, 0) is 54.4 Å². The molecule has 0 saturated heterocycles. The number of hydrogen-bond donors (Lipinski definition) is 2. The molecule has 0 atom stereocenters. The number of methoxy groups -OCH3 is 3. The summed E-state index contributed by atoms with van der Waals surface area (Å²) in [5, 5.41) is 3.53. The number of carbonyl (C=O) groups excluding carboxylic acids is 1. The number of nitrogens with zero attached hydrogens (tertiary/aromatic N) is 1. The average Bonchev–Trinajstić information content (AvgIpc) is 2.92. The first-order valence-electron chi connectivity index (χ1n) is 11.4. The van der Waals surface area contributed by atoms with Gasteiger partial charge in [0.05, 0.1) is 38.1 Å². The van der Waals surface area contributed by atoms with Crippen molar-refractivity contribution in [3.8, 4) is 17.2 Å². The lowest BCUT2D eigenvalue weighted by molar-refractivity contribution is 0.0954. The van der Waals surface area contributed by atoms with Crippen molar-refractivity contribution in [2.75, 3.05) is 32.6 Å². The Morgan fingerprint density at radius 1 is 0.892 bits per heavy atom. The lowest BCUT2D eigenvalue weighted by Gasteiger charge is -2.15. The van der Waals surface area contributed by atoms with Crippen LogP contribution in [0.25, 0.3) is 10.9 Å². The number of fused-ring (bicyclic) bond motifs is 1. The van der Waals surface area contributed by atoms with Crippen molar-refractivity contribution in [3.05, 3.63) is 84.1 Å². The maximum Gasteiger partial charge on any atom is 0.264 e. The van der Waals surface area contributed by atoms with Gasteiger partial charge in [-0.3, -0.25) is 14.5 Å². The SMILES string of the molecule is COc1ccc(NS(=O)(=O)c2cccc3cccnc23)c(C(=O)NCCc2ccc(OC)c(OC)c2)c1. The highest BCUT2D eigenvalue weighted by atomic mass is 32.2. The van der Waals surface area contributed by atoms with Gasteiger partial charge in [0.15, 0.2) is 11.5 Å². The zero-order valence-corrected chi connectivity index (χ0v) is 21.5. The first-order valence-corrected chi connectivity index (χ1v) is 12.9. The number of para-hydroxylation sites is 1. The summed E-state index contributed by atoms with van der Waals surface area (Å²) in [6.07, 6.45) is 2.06. The number of aromatic nitrogens is 1. The second-order valence-corrected chi connectivity index (χ2v) is 9.69. The van der Waals surface area contributed by atoms with Crippen LogP contribution in [-0.2, 0) is 16.4 Å². The van der Waals surface area contributed by atoms with E-state index in [1.54, 1.807) is 50.6 Å².